The van der Waals surface area contributed by atoms with Crippen molar-refractivity contribution in [2.24, 2.45) is 5.92 Å². The number of hydrogen-bond donors (Lipinski definition) is 1. The number of nitrogens with one attached hydrogen (secondary N) is 1. The van der Waals surface area contributed by atoms with Crippen LogP contribution in [0.1, 0.15) is 31.2 Å². The second kappa shape index (κ2) is 3.70. The van der Waals surface area contributed by atoms with E-state index in [1.165, 1.54) is 6.07 Å². The first-order chi connectivity index (χ1) is 8.11. The van der Waals surface area contributed by atoms with Gasteiger partial charge in [0.2, 0.25) is 5.91 Å². The third-order valence-electron chi connectivity index (χ3n) is 3.51. The van der Waals surface area contributed by atoms with E-state index in [0.717, 1.165) is 25.7 Å². The number of benzene rings is 1. The number of carbonyl (C=O) groups excluding carboxylic acids is 1. The molecule has 0 unspecified atom stereocenters. The van der Waals surface area contributed by atoms with Gasteiger partial charge in [-0.25, -0.2) is 4.39 Å². The maximum Gasteiger partial charge on any atom is 0.223 e. The zero-order chi connectivity index (χ0) is 12.0. The minimum Gasteiger partial charge on any atom is -0.346 e. The molecule has 1 N–H and O–H groups in total. The van der Waals surface area contributed by atoms with Crippen molar-refractivity contribution in [2.75, 3.05) is 0 Å². The van der Waals surface area contributed by atoms with E-state index in [9.17, 15) is 9.18 Å². The highest BCUT2D eigenvalue weighted by atomic mass is 35.5. The highest BCUT2D eigenvalue weighted by Crippen LogP contribution is 2.47. The largest absolute Gasteiger partial charge is 0.346 e. The summed E-state index contributed by atoms with van der Waals surface area (Å²) in [5.74, 6) is -0.106. The molecule has 17 heavy (non-hydrogen) atoms. The van der Waals surface area contributed by atoms with E-state index in [-0.39, 0.29) is 17.6 Å². The molecule has 1 amide bonds. The molecule has 1 aromatic carbocycles. The quantitative estimate of drug-likeness (QED) is 0.882. The summed E-state index contributed by atoms with van der Waals surface area (Å²) in [6.07, 6.45) is 3.55. The minimum atomic E-state index is -0.464. The third kappa shape index (κ3) is 2.04. The van der Waals surface area contributed by atoms with Gasteiger partial charge in [-0.3, -0.25) is 4.79 Å². The first-order valence-electron chi connectivity index (χ1n) is 5.88. The second-order valence-corrected chi connectivity index (χ2v) is 5.41. The van der Waals surface area contributed by atoms with Crippen molar-refractivity contribution in [3.8, 4) is 0 Å². The fraction of sp³-hybridized carbons (Fsp3) is 0.462. The van der Waals surface area contributed by atoms with Crippen LogP contribution >= 0.6 is 11.6 Å². The Bertz CT molecular complexity index is 480. The number of rotatable bonds is 3. The van der Waals surface area contributed by atoms with Gasteiger partial charge in [0.15, 0.2) is 0 Å². The van der Waals surface area contributed by atoms with E-state index in [1.54, 1.807) is 12.1 Å². The van der Waals surface area contributed by atoms with E-state index in [4.69, 9.17) is 11.6 Å². The summed E-state index contributed by atoms with van der Waals surface area (Å²) in [5.41, 5.74) is 0.102. The average Bonchev–Trinajstić information content (AvgIpc) is 3.12. The van der Waals surface area contributed by atoms with E-state index in [1.807, 2.05) is 0 Å². The molecule has 90 valence electrons. The maximum absolute atomic E-state index is 13.8. The lowest BCUT2D eigenvalue weighted by Crippen LogP contribution is -2.36. The molecule has 0 spiro atoms. The van der Waals surface area contributed by atoms with Crippen LogP contribution in [0.3, 0.4) is 0 Å². The lowest BCUT2D eigenvalue weighted by molar-refractivity contribution is -0.123. The van der Waals surface area contributed by atoms with Crippen molar-refractivity contribution in [1.29, 1.82) is 0 Å². The van der Waals surface area contributed by atoms with Crippen molar-refractivity contribution in [1.82, 2.24) is 5.32 Å². The van der Waals surface area contributed by atoms with Gasteiger partial charge in [0.25, 0.3) is 0 Å². The van der Waals surface area contributed by atoms with Crippen molar-refractivity contribution >= 4 is 17.5 Å². The molecule has 2 aliphatic carbocycles. The summed E-state index contributed by atoms with van der Waals surface area (Å²) in [7, 11) is 0. The maximum atomic E-state index is 13.8. The number of carbonyl (C=O) groups is 1. The molecule has 2 fully saturated rings. The molecule has 0 aliphatic heterocycles. The van der Waals surface area contributed by atoms with Crippen LogP contribution in [0.15, 0.2) is 18.2 Å². The Morgan fingerprint density at radius 3 is 2.65 bits per heavy atom. The molecule has 0 bridgehead atoms. The van der Waals surface area contributed by atoms with Crippen molar-refractivity contribution in [3.63, 3.8) is 0 Å². The van der Waals surface area contributed by atoms with Gasteiger partial charge in [-0.15, -0.1) is 0 Å². The molecule has 0 aromatic heterocycles. The van der Waals surface area contributed by atoms with Crippen LogP contribution in [0.25, 0.3) is 0 Å². The normalized spacial score (nSPS) is 21.1. The fourth-order valence-corrected chi connectivity index (χ4v) is 2.31. The highest BCUT2D eigenvalue weighted by molar-refractivity contribution is 6.30. The third-order valence-corrected chi connectivity index (χ3v) is 3.74. The minimum absolute atomic E-state index is 0.0665. The zero-order valence-electron chi connectivity index (χ0n) is 9.30. The van der Waals surface area contributed by atoms with E-state index in [0.29, 0.717) is 10.6 Å². The van der Waals surface area contributed by atoms with Gasteiger partial charge in [0.05, 0.1) is 5.54 Å². The van der Waals surface area contributed by atoms with Crippen LogP contribution < -0.4 is 5.32 Å². The van der Waals surface area contributed by atoms with Gasteiger partial charge in [-0.2, -0.15) is 0 Å². The first kappa shape index (κ1) is 11.0. The molecule has 1 aromatic rings. The summed E-state index contributed by atoms with van der Waals surface area (Å²) in [4.78, 5) is 11.8. The Balaban J connectivity index is 1.84. The average molecular weight is 254 g/mol. The molecular weight excluding hydrogens is 241 g/mol. The second-order valence-electron chi connectivity index (χ2n) is 4.97. The Hall–Kier alpha value is -1.09. The van der Waals surface area contributed by atoms with Crippen molar-refractivity contribution in [2.45, 2.75) is 31.2 Å². The highest BCUT2D eigenvalue weighted by Gasteiger charge is 2.49. The molecule has 0 heterocycles. The number of amides is 1. The van der Waals surface area contributed by atoms with E-state index < -0.39 is 5.54 Å². The van der Waals surface area contributed by atoms with Gasteiger partial charge >= 0.3 is 0 Å². The van der Waals surface area contributed by atoms with Gasteiger partial charge in [-0.05, 0) is 37.8 Å². The predicted molar refractivity (Wildman–Crippen MR) is 63.2 cm³/mol. The predicted octanol–water partition coefficient (Wildman–Crippen LogP) is 2.99. The molecule has 0 atom stereocenters. The summed E-state index contributed by atoms with van der Waals surface area (Å²) in [6.45, 7) is 0. The van der Waals surface area contributed by atoms with Gasteiger partial charge in [0.1, 0.15) is 5.82 Å². The van der Waals surface area contributed by atoms with Crippen LogP contribution in [0.2, 0.25) is 5.02 Å². The lowest BCUT2D eigenvalue weighted by Gasteiger charge is -2.18. The van der Waals surface area contributed by atoms with Crippen molar-refractivity contribution in [3.05, 3.63) is 34.6 Å². The van der Waals surface area contributed by atoms with Crippen LogP contribution in [0.4, 0.5) is 4.39 Å². The molecule has 0 saturated heterocycles. The first-order valence-corrected chi connectivity index (χ1v) is 6.26. The lowest BCUT2D eigenvalue weighted by atomic mass is 10.0. The fourth-order valence-electron chi connectivity index (χ4n) is 2.15. The standard InChI is InChI=1S/C13H13ClFNO/c14-9-3-4-10(11(15)7-9)13(5-6-13)16-12(17)8-1-2-8/h3-4,7-8H,1-2,5-6H2,(H,16,17). The zero-order valence-corrected chi connectivity index (χ0v) is 10.1. The van der Waals surface area contributed by atoms with E-state index >= 15 is 0 Å². The van der Waals surface area contributed by atoms with Crippen LogP contribution in [0.5, 0.6) is 0 Å². The molecule has 2 nitrogen and oxygen atoms in total. The summed E-state index contributed by atoms with van der Waals surface area (Å²) >= 11 is 5.73. The SMILES string of the molecule is O=C(NC1(c2ccc(Cl)cc2F)CC1)C1CC1. The molecule has 0 radical (unpaired) electrons. The number of hydrogen-bond acceptors (Lipinski definition) is 1. The van der Waals surface area contributed by atoms with Crippen LogP contribution in [-0.2, 0) is 10.3 Å². The van der Waals surface area contributed by atoms with Crippen LogP contribution in [-0.4, -0.2) is 5.91 Å². The molecule has 2 saturated carbocycles. The monoisotopic (exact) mass is 253 g/mol. The summed E-state index contributed by atoms with van der Waals surface area (Å²) < 4.78 is 13.8. The van der Waals surface area contributed by atoms with Gasteiger partial charge < -0.3 is 5.32 Å². The molecule has 2 aliphatic rings. The Morgan fingerprint density at radius 2 is 2.12 bits per heavy atom. The Labute approximate surface area is 104 Å². The topological polar surface area (TPSA) is 29.1 Å². The summed E-state index contributed by atoms with van der Waals surface area (Å²) in [5, 5.41) is 3.37. The number of halogens is 2. The van der Waals surface area contributed by atoms with Crippen molar-refractivity contribution < 1.29 is 9.18 Å². The summed E-state index contributed by atoms with van der Waals surface area (Å²) in [6, 6.07) is 4.65. The molecular formula is C13H13ClFNO. The van der Waals surface area contributed by atoms with Crippen LogP contribution in [0, 0.1) is 11.7 Å². The van der Waals surface area contributed by atoms with Gasteiger partial charge in [-0.1, -0.05) is 17.7 Å². The smallest absolute Gasteiger partial charge is 0.223 e. The Morgan fingerprint density at radius 1 is 1.41 bits per heavy atom. The van der Waals surface area contributed by atoms with E-state index in [2.05, 4.69) is 5.32 Å². The van der Waals surface area contributed by atoms with Gasteiger partial charge in [0, 0.05) is 16.5 Å². The Kier molecular flexibility index (Phi) is 2.40. The molecule has 4 heteroatoms. The molecule has 3 rings (SSSR count).